The molecule has 2 atom stereocenters. The van der Waals surface area contributed by atoms with Crippen LogP contribution in [-0.4, -0.2) is 92.9 Å². The zero-order valence-corrected chi connectivity index (χ0v) is 20.2. The van der Waals surface area contributed by atoms with E-state index in [9.17, 15) is 27.4 Å². The summed E-state index contributed by atoms with van der Waals surface area (Å²) >= 11 is 0. The van der Waals surface area contributed by atoms with E-state index in [0.717, 1.165) is 4.90 Å². The van der Waals surface area contributed by atoms with Crippen molar-refractivity contribution in [3.05, 3.63) is 5.82 Å². The van der Waals surface area contributed by atoms with Crippen molar-refractivity contribution in [1.82, 2.24) is 35.7 Å². The molecular formula is C14H20N7NaO9S. The molecule has 3 amide bonds. The number of rotatable bonds is 10. The summed E-state index contributed by atoms with van der Waals surface area (Å²) in [7, 11) is -5.11. The average molecular weight is 485 g/mol. The quantitative estimate of drug-likeness (QED) is 0.0825. The van der Waals surface area contributed by atoms with Crippen LogP contribution >= 0.6 is 0 Å². The Morgan fingerprint density at radius 2 is 2.06 bits per heavy atom. The Morgan fingerprint density at radius 1 is 1.31 bits per heavy atom. The number of piperidine rings is 1. The Bertz CT molecular complexity index is 943. The molecule has 16 nitrogen and oxygen atoms in total. The fraction of sp³-hybridized carbons (Fsp3) is 0.714. The number of amides is 3. The molecule has 2 aliphatic heterocycles. The van der Waals surface area contributed by atoms with Gasteiger partial charge in [-0.25, -0.2) is 18.7 Å². The first-order chi connectivity index (χ1) is 14.7. The van der Waals surface area contributed by atoms with Gasteiger partial charge in [0.1, 0.15) is 12.5 Å². The van der Waals surface area contributed by atoms with Crippen LogP contribution in [0.15, 0.2) is 0 Å². The molecule has 0 spiro atoms. The Labute approximate surface area is 204 Å². The van der Waals surface area contributed by atoms with Gasteiger partial charge in [0.15, 0.2) is 5.82 Å². The maximum absolute atomic E-state index is 12.4. The number of carbonyl (C=O) groups is 3. The number of aromatic nitrogens is 4. The van der Waals surface area contributed by atoms with Crippen LogP contribution in [-0.2, 0) is 46.8 Å². The predicted molar refractivity (Wildman–Crippen MR) is 93.8 cm³/mol. The Morgan fingerprint density at radius 3 is 2.75 bits per heavy atom. The van der Waals surface area contributed by atoms with E-state index in [1.165, 1.54) is 4.80 Å². The zero-order valence-electron chi connectivity index (χ0n) is 17.4. The van der Waals surface area contributed by atoms with E-state index in [-0.39, 0.29) is 80.9 Å². The molecule has 32 heavy (non-hydrogen) atoms. The molecule has 172 valence electrons. The summed E-state index contributed by atoms with van der Waals surface area (Å²) in [6, 6.07) is -2.43. The van der Waals surface area contributed by atoms with E-state index >= 15 is 0 Å². The first-order valence-corrected chi connectivity index (χ1v) is 10.6. The van der Waals surface area contributed by atoms with E-state index in [2.05, 4.69) is 25.2 Å². The largest absolute Gasteiger partial charge is 1.00 e. The molecule has 3 heterocycles. The molecule has 0 aliphatic carbocycles. The molecule has 2 aliphatic rings. The van der Waals surface area contributed by atoms with Gasteiger partial charge in [0.2, 0.25) is 10.4 Å². The minimum atomic E-state index is -5.11. The molecule has 1 N–H and O–H groups in total. The summed E-state index contributed by atoms with van der Waals surface area (Å²) < 4.78 is 41.3. The van der Waals surface area contributed by atoms with Crippen molar-refractivity contribution in [2.45, 2.75) is 44.8 Å². The Kier molecular flexibility index (Phi) is 9.31. The molecule has 0 radical (unpaired) electrons. The number of carbonyl (C=O) groups excluding carboxylic acids is 3. The third-order valence-corrected chi connectivity index (χ3v) is 4.81. The molecule has 1 aromatic heterocycles. The van der Waals surface area contributed by atoms with E-state index in [1.807, 2.05) is 0 Å². The Balaban J connectivity index is 0.00000363. The number of hydroxylamine groups is 3. The van der Waals surface area contributed by atoms with E-state index in [0.29, 0.717) is 5.06 Å². The van der Waals surface area contributed by atoms with Gasteiger partial charge in [-0.15, -0.1) is 10.2 Å². The van der Waals surface area contributed by atoms with Crippen molar-refractivity contribution in [3.8, 4) is 0 Å². The van der Waals surface area contributed by atoms with Crippen molar-refractivity contribution < 1.29 is 70.8 Å². The normalized spacial score (nSPS) is 20.1. The van der Waals surface area contributed by atoms with Gasteiger partial charge in [-0.05, 0) is 25.0 Å². The van der Waals surface area contributed by atoms with Crippen molar-refractivity contribution in [1.29, 1.82) is 0 Å². The van der Waals surface area contributed by atoms with Crippen LogP contribution in [0.3, 0.4) is 0 Å². The number of hydrogen-bond acceptors (Lipinski definition) is 12. The standard InChI is InChI=1S/C14H21N7O9S.Na/c1-2-28-12(22)7-11-15-18-20(16-11)5-6-29-17-13(23)10-4-3-9-8-19(10)14(24)21(9)30-31(25,26)27;/h9-10H,2-8H2,1H3,(H,17,23)(H,25,26,27);/q;+1/p-1/t9-,10+;/m1./s1. The summed E-state index contributed by atoms with van der Waals surface area (Å²) in [5.74, 6) is -0.916. The molecule has 0 saturated carbocycles. The van der Waals surface area contributed by atoms with Crippen LogP contribution in [0.2, 0.25) is 0 Å². The van der Waals surface area contributed by atoms with Crippen LogP contribution in [0.25, 0.3) is 0 Å². The number of esters is 1. The molecule has 18 heteroatoms. The summed E-state index contributed by atoms with van der Waals surface area (Å²) in [4.78, 5) is 43.4. The maximum atomic E-state index is 12.4. The third-order valence-electron chi connectivity index (χ3n) is 4.47. The first kappa shape index (κ1) is 26.4. The number of fused-ring (bicyclic) bond motifs is 2. The predicted octanol–water partition coefficient (Wildman–Crippen LogP) is -5.51. The summed E-state index contributed by atoms with van der Waals surface area (Å²) in [6.07, 6.45) is 0.376. The van der Waals surface area contributed by atoms with Crippen LogP contribution < -0.4 is 35.0 Å². The van der Waals surface area contributed by atoms with Gasteiger partial charge in [-0.3, -0.25) is 14.4 Å². The SMILES string of the molecule is CCOC(=O)Cc1nnn(CCONC(=O)[C@@H]2CC[C@@H]3CN2C(=O)N3OS(=O)(=O)[O-])n1.[Na+]. The number of tetrazole rings is 1. The van der Waals surface area contributed by atoms with Crippen molar-refractivity contribution >= 4 is 28.3 Å². The van der Waals surface area contributed by atoms with Gasteiger partial charge >= 0.3 is 41.6 Å². The second kappa shape index (κ2) is 11.3. The minimum absolute atomic E-state index is 0. The zero-order chi connectivity index (χ0) is 22.6. The first-order valence-electron chi connectivity index (χ1n) is 9.27. The average Bonchev–Trinajstić information content (AvgIpc) is 3.23. The molecule has 3 rings (SSSR count). The van der Waals surface area contributed by atoms with Crippen LogP contribution in [0.4, 0.5) is 4.79 Å². The number of hydrogen-bond donors (Lipinski definition) is 1. The molecule has 2 fully saturated rings. The summed E-state index contributed by atoms with van der Waals surface area (Å²) in [6.45, 7) is 2.05. The topological polar surface area (TPSA) is 198 Å². The fourth-order valence-corrected chi connectivity index (χ4v) is 3.58. The second-order valence-corrected chi connectivity index (χ2v) is 7.55. The summed E-state index contributed by atoms with van der Waals surface area (Å²) in [5.41, 5.74) is 2.21. The molecular weight excluding hydrogens is 465 g/mol. The Hall–Kier alpha value is -1.89. The number of urea groups is 1. The number of nitrogens with zero attached hydrogens (tertiary/aromatic N) is 6. The second-order valence-electron chi connectivity index (χ2n) is 6.59. The molecule has 2 bridgehead atoms. The van der Waals surface area contributed by atoms with E-state index in [4.69, 9.17) is 9.57 Å². The van der Waals surface area contributed by atoms with Gasteiger partial charge in [0, 0.05) is 6.54 Å². The molecule has 2 saturated heterocycles. The van der Waals surface area contributed by atoms with Gasteiger partial charge in [0.05, 0.1) is 25.8 Å². The maximum Gasteiger partial charge on any atom is 1.00 e. The van der Waals surface area contributed by atoms with Gasteiger partial charge < -0.3 is 14.2 Å². The van der Waals surface area contributed by atoms with E-state index < -0.39 is 40.4 Å². The number of nitrogens with one attached hydrogen (secondary N) is 1. The van der Waals surface area contributed by atoms with Crippen LogP contribution in [0.5, 0.6) is 0 Å². The molecule has 0 unspecified atom stereocenters. The summed E-state index contributed by atoms with van der Waals surface area (Å²) in [5, 5.41) is 11.9. The van der Waals surface area contributed by atoms with Crippen LogP contribution in [0.1, 0.15) is 25.6 Å². The van der Waals surface area contributed by atoms with Gasteiger partial charge in [0.25, 0.3) is 5.91 Å². The monoisotopic (exact) mass is 485 g/mol. The number of ether oxygens (including phenoxy) is 1. The smallest absolute Gasteiger partial charge is 0.724 e. The third kappa shape index (κ3) is 6.80. The van der Waals surface area contributed by atoms with Gasteiger partial charge in [-0.1, -0.05) is 0 Å². The minimum Gasteiger partial charge on any atom is -0.724 e. The fourth-order valence-electron chi connectivity index (χ4n) is 3.20. The molecule has 0 aromatic carbocycles. The van der Waals surface area contributed by atoms with Gasteiger partial charge in [-0.2, -0.15) is 14.1 Å². The van der Waals surface area contributed by atoms with Crippen molar-refractivity contribution in [2.75, 3.05) is 19.8 Å². The van der Waals surface area contributed by atoms with Crippen LogP contribution in [0, 0.1) is 0 Å². The molecule has 1 aromatic rings. The van der Waals surface area contributed by atoms with Crippen molar-refractivity contribution in [2.24, 2.45) is 0 Å². The van der Waals surface area contributed by atoms with Crippen molar-refractivity contribution in [3.63, 3.8) is 0 Å². The van der Waals surface area contributed by atoms with E-state index in [1.54, 1.807) is 6.92 Å².